The molecule has 0 atom stereocenters. The summed E-state index contributed by atoms with van der Waals surface area (Å²) in [4.78, 5) is 14.1. The average molecular weight is 306 g/mol. The van der Waals surface area contributed by atoms with Crippen LogP contribution in [0.25, 0.3) is 0 Å². The first-order valence-electron chi connectivity index (χ1n) is 7.81. The molecule has 1 saturated heterocycles. The molecule has 122 valence electrons. The SMILES string of the molecule is CC(C)(C)OC(=O)Nc1cccc(CN2CCC(O)CC2)c1. The third kappa shape index (κ3) is 5.66. The number of nitrogens with zero attached hydrogens (tertiary/aromatic N) is 1. The molecule has 2 N–H and O–H groups in total. The highest BCUT2D eigenvalue weighted by atomic mass is 16.6. The van der Waals surface area contributed by atoms with Gasteiger partial charge in [0, 0.05) is 25.3 Å². The first kappa shape index (κ1) is 16.8. The predicted molar refractivity (Wildman–Crippen MR) is 86.8 cm³/mol. The van der Waals surface area contributed by atoms with E-state index < -0.39 is 11.7 Å². The molecule has 1 aromatic rings. The smallest absolute Gasteiger partial charge is 0.412 e. The largest absolute Gasteiger partial charge is 0.444 e. The van der Waals surface area contributed by atoms with E-state index in [-0.39, 0.29) is 6.10 Å². The van der Waals surface area contributed by atoms with Gasteiger partial charge in [-0.05, 0) is 51.3 Å². The number of aliphatic hydroxyl groups excluding tert-OH is 1. The summed E-state index contributed by atoms with van der Waals surface area (Å²) in [6, 6.07) is 7.80. The Kier molecular flexibility index (Phi) is 5.42. The summed E-state index contributed by atoms with van der Waals surface area (Å²) in [5.74, 6) is 0. The first-order valence-corrected chi connectivity index (χ1v) is 7.81. The van der Waals surface area contributed by atoms with Crippen molar-refractivity contribution in [2.24, 2.45) is 0 Å². The van der Waals surface area contributed by atoms with Gasteiger partial charge in [-0.3, -0.25) is 10.2 Å². The van der Waals surface area contributed by atoms with Crippen LogP contribution < -0.4 is 5.32 Å². The Morgan fingerprint density at radius 1 is 1.36 bits per heavy atom. The molecule has 1 amide bonds. The minimum absolute atomic E-state index is 0.156. The standard InChI is InChI=1S/C17H26N2O3/c1-17(2,3)22-16(21)18-14-6-4-5-13(11-14)12-19-9-7-15(20)8-10-19/h4-6,11,15,20H,7-10,12H2,1-3H3,(H,18,21). The molecule has 0 radical (unpaired) electrons. The van der Waals surface area contributed by atoms with Crippen molar-refractivity contribution in [1.29, 1.82) is 0 Å². The maximum absolute atomic E-state index is 11.8. The zero-order valence-electron chi connectivity index (χ0n) is 13.6. The number of anilines is 1. The van der Waals surface area contributed by atoms with Crippen molar-refractivity contribution >= 4 is 11.8 Å². The second kappa shape index (κ2) is 7.11. The van der Waals surface area contributed by atoms with Gasteiger partial charge in [-0.25, -0.2) is 4.79 Å². The normalized spacial score (nSPS) is 17.3. The molecule has 22 heavy (non-hydrogen) atoms. The van der Waals surface area contributed by atoms with Crippen molar-refractivity contribution in [1.82, 2.24) is 4.90 Å². The topological polar surface area (TPSA) is 61.8 Å². The van der Waals surface area contributed by atoms with E-state index in [1.54, 1.807) is 0 Å². The van der Waals surface area contributed by atoms with Crippen LogP contribution in [0.1, 0.15) is 39.2 Å². The van der Waals surface area contributed by atoms with Gasteiger partial charge in [-0.15, -0.1) is 0 Å². The number of likely N-dealkylation sites (tertiary alicyclic amines) is 1. The summed E-state index contributed by atoms with van der Waals surface area (Å²) in [5.41, 5.74) is 1.38. The minimum atomic E-state index is -0.504. The van der Waals surface area contributed by atoms with Gasteiger partial charge in [0.15, 0.2) is 0 Å². The molecule has 0 spiro atoms. The van der Waals surface area contributed by atoms with Gasteiger partial charge in [0.05, 0.1) is 6.10 Å². The molecule has 1 aromatic carbocycles. The van der Waals surface area contributed by atoms with Crippen LogP contribution in [-0.2, 0) is 11.3 Å². The third-order valence-corrected chi connectivity index (χ3v) is 3.54. The number of amides is 1. The number of carbonyl (C=O) groups is 1. The van der Waals surface area contributed by atoms with E-state index in [0.717, 1.165) is 43.7 Å². The Hall–Kier alpha value is -1.59. The van der Waals surface area contributed by atoms with Gasteiger partial charge in [0.2, 0.25) is 0 Å². The van der Waals surface area contributed by atoms with Crippen LogP contribution in [0.4, 0.5) is 10.5 Å². The molecular weight excluding hydrogens is 280 g/mol. The van der Waals surface area contributed by atoms with Crippen LogP contribution in [0.2, 0.25) is 0 Å². The molecule has 0 saturated carbocycles. The number of aliphatic hydroxyl groups is 1. The van der Waals surface area contributed by atoms with Crippen molar-refractivity contribution in [3.63, 3.8) is 0 Å². The van der Waals surface area contributed by atoms with E-state index in [4.69, 9.17) is 4.74 Å². The van der Waals surface area contributed by atoms with Crippen molar-refractivity contribution in [3.05, 3.63) is 29.8 Å². The number of hydrogen-bond donors (Lipinski definition) is 2. The Labute approximate surface area is 132 Å². The molecule has 0 aliphatic carbocycles. The second-order valence-electron chi connectivity index (χ2n) is 6.83. The van der Waals surface area contributed by atoms with Crippen LogP contribution in [-0.4, -0.2) is 40.9 Å². The van der Waals surface area contributed by atoms with Gasteiger partial charge in [0.25, 0.3) is 0 Å². The summed E-state index contributed by atoms with van der Waals surface area (Å²) in [6.45, 7) is 8.17. The van der Waals surface area contributed by atoms with Crippen molar-refractivity contribution in [3.8, 4) is 0 Å². The maximum Gasteiger partial charge on any atom is 0.412 e. The number of hydrogen-bond acceptors (Lipinski definition) is 4. The summed E-state index contributed by atoms with van der Waals surface area (Å²) >= 11 is 0. The lowest BCUT2D eigenvalue weighted by atomic mass is 10.1. The number of nitrogens with one attached hydrogen (secondary N) is 1. The van der Waals surface area contributed by atoms with E-state index in [2.05, 4.69) is 10.2 Å². The predicted octanol–water partition coefficient (Wildman–Crippen LogP) is 2.99. The lowest BCUT2D eigenvalue weighted by molar-refractivity contribution is 0.0635. The molecule has 1 aliphatic rings. The Morgan fingerprint density at radius 3 is 2.68 bits per heavy atom. The Balaban J connectivity index is 1.91. The molecule has 1 fully saturated rings. The number of piperidine rings is 1. The third-order valence-electron chi connectivity index (χ3n) is 3.54. The molecular formula is C17H26N2O3. The number of ether oxygens (including phenoxy) is 1. The van der Waals surface area contributed by atoms with E-state index in [1.807, 2.05) is 45.0 Å². The Bertz CT molecular complexity index is 503. The van der Waals surface area contributed by atoms with Gasteiger partial charge in [-0.2, -0.15) is 0 Å². The quantitative estimate of drug-likeness (QED) is 0.901. The van der Waals surface area contributed by atoms with Crippen molar-refractivity contribution < 1.29 is 14.6 Å². The molecule has 5 nitrogen and oxygen atoms in total. The van der Waals surface area contributed by atoms with E-state index in [0.29, 0.717) is 0 Å². The Morgan fingerprint density at radius 2 is 2.05 bits per heavy atom. The fourth-order valence-corrected chi connectivity index (χ4v) is 2.50. The molecule has 5 heteroatoms. The van der Waals surface area contributed by atoms with Crippen molar-refractivity contribution in [2.45, 2.75) is 51.9 Å². The molecule has 1 aliphatic heterocycles. The van der Waals surface area contributed by atoms with Crippen LogP contribution >= 0.6 is 0 Å². The van der Waals surface area contributed by atoms with Crippen LogP contribution in [0.15, 0.2) is 24.3 Å². The zero-order valence-corrected chi connectivity index (χ0v) is 13.6. The average Bonchev–Trinajstić information content (AvgIpc) is 2.39. The zero-order chi connectivity index (χ0) is 16.2. The molecule has 0 aromatic heterocycles. The van der Waals surface area contributed by atoms with Crippen molar-refractivity contribution in [2.75, 3.05) is 18.4 Å². The lowest BCUT2D eigenvalue weighted by Gasteiger charge is -2.29. The van der Waals surface area contributed by atoms with Gasteiger partial charge >= 0.3 is 6.09 Å². The number of rotatable bonds is 3. The van der Waals surface area contributed by atoms with E-state index in [1.165, 1.54) is 0 Å². The monoisotopic (exact) mass is 306 g/mol. The van der Waals surface area contributed by atoms with Gasteiger partial charge in [-0.1, -0.05) is 12.1 Å². The fraction of sp³-hybridized carbons (Fsp3) is 0.588. The van der Waals surface area contributed by atoms with Crippen LogP contribution in [0.5, 0.6) is 0 Å². The minimum Gasteiger partial charge on any atom is -0.444 e. The fourth-order valence-electron chi connectivity index (χ4n) is 2.50. The lowest BCUT2D eigenvalue weighted by Crippen LogP contribution is -2.35. The highest BCUT2D eigenvalue weighted by molar-refractivity contribution is 5.84. The van der Waals surface area contributed by atoms with Crippen LogP contribution in [0, 0.1) is 0 Å². The van der Waals surface area contributed by atoms with Gasteiger partial charge < -0.3 is 9.84 Å². The number of carbonyl (C=O) groups excluding carboxylic acids is 1. The number of benzene rings is 1. The highest BCUT2D eigenvalue weighted by Crippen LogP contribution is 2.17. The summed E-state index contributed by atoms with van der Waals surface area (Å²) in [5, 5.41) is 12.3. The van der Waals surface area contributed by atoms with E-state index in [9.17, 15) is 9.90 Å². The van der Waals surface area contributed by atoms with Crippen LogP contribution in [0.3, 0.4) is 0 Å². The molecule has 1 heterocycles. The second-order valence-corrected chi connectivity index (χ2v) is 6.83. The van der Waals surface area contributed by atoms with E-state index >= 15 is 0 Å². The molecule has 0 bridgehead atoms. The highest BCUT2D eigenvalue weighted by Gasteiger charge is 2.18. The van der Waals surface area contributed by atoms with Gasteiger partial charge in [0.1, 0.15) is 5.60 Å². The molecule has 2 rings (SSSR count). The maximum atomic E-state index is 11.8. The summed E-state index contributed by atoms with van der Waals surface area (Å²) < 4.78 is 5.26. The summed E-state index contributed by atoms with van der Waals surface area (Å²) in [7, 11) is 0. The summed E-state index contributed by atoms with van der Waals surface area (Å²) in [6.07, 6.45) is 1.06. The first-order chi connectivity index (χ1) is 10.3. The molecule has 0 unspecified atom stereocenters.